The Hall–Kier alpha value is -3.52. The van der Waals surface area contributed by atoms with Crippen molar-refractivity contribution in [1.29, 1.82) is 0 Å². The molecule has 0 saturated carbocycles. The van der Waals surface area contributed by atoms with E-state index in [2.05, 4.69) is 25.9 Å². The number of aromatic amines is 1. The van der Waals surface area contributed by atoms with Gasteiger partial charge in [-0.2, -0.15) is 0 Å². The van der Waals surface area contributed by atoms with Crippen molar-refractivity contribution in [3.63, 3.8) is 0 Å². The van der Waals surface area contributed by atoms with Gasteiger partial charge < -0.3 is 42.0 Å². The third kappa shape index (κ3) is 8.69. The molecule has 0 aliphatic carbocycles. The first-order chi connectivity index (χ1) is 14.9. The minimum Gasteiger partial charge on any atom is -0.481 e. The number of hydrogen-bond acceptors (Lipinski definition) is 8. The molecule has 1 aromatic rings. The van der Waals surface area contributed by atoms with E-state index in [0.29, 0.717) is 5.69 Å². The second-order valence-corrected chi connectivity index (χ2v) is 7.18. The number of aliphatic hydroxyl groups is 1. The SMILES string of the molecule is CC(NC(=O)C(N)Cc1cnc[nH]1)C(=O)NC(C(=O)NC(CCC(=O)O)C(=O)O)C(C)O. The summed E-state index contributed by atoms with van der Waals surface area (Å²) in [4.78, 5) is 65.5. The molecular formula is C18H28N6O8. The molecule has 0 spiro atoms. The Kier molecular flexibility index (Phi) is 10.2. The van der Waals surface area contributed by atoms with E-state index in [-0.39, 0.29) is 6.42 Å². The second kappa shape index (κ2) is 12.4. The summed E-state index contributed by atoms with van der Waals surface area (Å²) in [7, 11) is 0. The van der Waals surface area contributed by atoms with Gasteiger partial charge in [0.1, 0.15) is 18.1 Å². The number of hydrogen-bond donors (Lipinski definition) is 8. The zero-order valence-corrected chi connectivity index (χ0v) is 17.6. The van der Waals surface area contributed by atoms with E-state index in [1.807, 2.05) is 0 Å². The highest BCUT2D eigenvalue weighted by molar-refractivity contribution is 5.94. The lowest BCUT2D eigenvalue weighted by Crippen LogP contribution is -2.59. The van der Waals surface area contributed by atoms with Gasteiger partial charge in [-0.25, -0.2) is 9.78 Å². The molecule has 9 N–H and O–H groups in total. The van der Waals surface area contributed by atoms with Crippen LogP contribution in [0.15, 0.2) is 12.5 Å². The first-order valence-corrected chi connectivity index (χ1v) is 9.69. The van der Waals surface area contributed by atoms with Gasteiger partial charge >= 0.3 is 11.9 Å². The van der Waals surface area contributed by atoms with Crippen molar-refractivity contribution in [3.8, 4) is 0 Å². The van der Waals surface area contributed by atoms with Crippen molar-refractivity contribution in [3.05, 3.63) is 18.2 Å². The van der Waals surface area contributed by atoms with Gasteiger partial charge in [0.25, 0.3) is 0 Å². The molecule has 0 aromatic carbocycles. The van der Waals surface area contributed by atoms with Gasteiger partial charge in [-0.15, -0.1) is 0 Å². The van der Waals surface area contributed by atoms with Gasteiger partial charge in [0, 0.05) is 24.7 Å². The molecule has 0 aliphatic heterocycles. The van der Waals surface area contributed by atoms with Crippen LogP contribution in [-0.4, -0.2) is 85.2 Å². The van der Waals surface area contributed by atoms with E-state index >= 15 is 0 Å². The average molecular weight is 456 g/mol. The van der Waals surface area contributed by atoms with Gasteiger partial charge in [0.05, 0.1) is 18.5 Å². The molecule has 5 atom stereocenters. The monoisotopic (exact) mass is 456 g/mol. The molecule has 0 aliphatic rings. The topological polar surface area (TPSA) is 237 Å². The molecule has 0 saturated heterocycles. The molecule has 178 valence electrons. The van der Waals surface area contributed by atoms with Crippen molar-refractivity contribution in [2.75, 3.05) is 0 Å². The number of aliphatic carboxylic acids is 2. The zero-order chi connectivity index (χ0) is 24.4. The predicted octanol–water partition coefficient (Wildman–Crippen LogP) is -2.92. The molecule has 0 radical (unpaired) electrons. The molecule has 1 aromatic heterocycles. The predicted molar refractivity (Wildman–Crippen MR) is 108 cm³/mol. The number of carboxylic acids is 2. The fourth-order valence-corrected chi connectivity index (χ4v) is 2.58. The number of carboxylic acid groups (broad SMARTS) is 2. The van der Waals surface area contributed by atoms with Crippen LogP contribution in [-0.2, 0) is 30.4 Å². The summed E-state index contributed by atoms with van der Waals surface area (Å²) >= 11 is 0. The molecule has 14 heteroatoms. The Morgan fingerprint density at radius 3 is 2.22 bits per heavy atom. The van der Waals surface area contributed by atoms with Crippen LogP contribution in [0.1, 0.15) is 32.4 Å². The minimum absolute atomic E-state index is 0.145. The molecule has 14 nitrogen and oxygen atoms in total. The Morgan fingerprint density at radius 1 is 1.06 bits per heavy atom. The largest absolute Gasteiger partial charge is 0.481 e. The van der Waals surface area contributed by atoms with Gasteiger partial charge in [-0.1, -0.05) is 0 Å². The highest BCUT2D eigenvalue weighted by Crippen LogP contribution is 2.02. The summed E-state index contributed by atoms with van der Waals surface area (Å²) in [6.45, 7) is 2.53. The lowest BCUT2D eigenvalue weighted by Gasteiger charge is -2.25. The van der Waals surface area contributed by atoms with Crippen molar-refractivity contribution in [2.24, 2.45) is 5.73 Å². The molecule has 3 amide bonds. The maximum absolute atomic E-state index is 12.4. The van der Waals surface area contributed by atoms with E-state index < -0.39 is 72.8 Å². The smallest absolute Gasteiger partial charge is 0.326 e. The highest BCUT2D eigenvalue weighted by atomic mass is 16.4. The highest BCUT2D eigenvalue weighted by Gasteiger charge is 2.31. The molecule has 1 heterocycles. The average Bonchev–Trinajstić information content (AvgIpc) is 3.20. The fraction of sp³-hybridized carbons (Fsp3) is 0.556. The van der Waals surface area contributed by atoms with Gasteiger partial charge in [0.2, 0.25) is 17.7 Å². The first kappa shape index (κ1) is 26.5. The van der Waals surface area contributed by atoms with Crippen molar-refractivity contribution in [1.82, 2.24) is 25.9 Å². The van der Waals surface area contributed by atoms with Crippen LogP contribution in [0.25, 0.3) is 0 Å². The summed E-state index contributed by atoms with van der Waals surface area (Å²) in [5.41, 5.74) is 6.41. The molecular weight excluding hydrogens is 428 g/mol. The fourth-order valence-electron chi connectivity index (χ4n) is 2.58. The summed E-state index contributed by atoms with van der Waals surface area (Å²) in [5.74, 6) is -5.21. The molecule has 1 rings (SSSR count). The number of nitrogens with two attached hydrogens (primary N) is 1. The van der Waals surface area contributed by atoms with Crippen LogP contribution in [0.2, 0.25) is 0 Å². The van der Waals surface area contributed by atoms with Crippen LogP contribution >= 0.6 is 0 Å². The Bertz CT molecular complexity index is 812. The number of H-pyrrole nitrogens is 1. The van der Waals surface area contributed by atoms with E-state index in [1.54, 1.807) is 0 Å². The normalized spacial score (nSPS) is 15.5. The number of nitrogens with zero attached hydrogens (tertiary/aromatic N) is 1. The quantitative estimate of drug-likeness (QED) is 0.150. The number of aromatic nitrogens is 2. The van der Waals surface area contributed by atoms with Crippen molar-refractivity contribution < 1.29 is 39.3 Å². The molecule has 5 unspecified atom stereocenters. The third-order valence-corrected chi connectivity index (χ3v) is 4.41. The van der Waals surface area contributed by atoms with E-state index in [4.69, 9.17) is 15.9 Å². The second-order valence-electron chi connectivity index (χ2n) is 7.18. The summed E-state index contributed by atoms with van der Waals surface area (Å²) in [6, 6.07) is -5.19. The van der Waals surface area contributed by atoms with Crippen LogP contribution in [0.5, 0.6) is 0 Å². The number of imidazole rings is 1. The maximum Gasteiger partial charge on any atom is 0.326 e. The van der Waals surface area contributed by atoms with E-state index in [0.717, 1.165) is 0 Å². The minimum atomic E-state index is -1.55. The lowest BCUT2D eigenvalue weighted by molar-refractivity contribution is -0.144. The number of carbonyl (C=O) groups excluding carboxylic acids is 3. The first-order valence-electron chi connectivity index (χ1n) is 9.69. The number of rotatable bonds is 13. The van der Waals surface area contributed by atoms with E-state index in [1.165, 1.54) is 26.4 Å². The van der Waals surface area contributed by atoms with Crippen LogP contribution in [0.4, 0.5) is 0 Å². The maximum atomic E-state index is 12.4. The number of nitrogens with one attached hydrogen (secondary N) is 4. The number of amides is 3. The number of aliphatic hydroxyl groups excluding tert-OH is 1. The summed E-state index contributed by atoms with van der Waals surface area (Å²) in [5, 5.41) is 34.4. The van der Waals surface area contributed by atoms with Gasteiger partial charge in [-0.05, 0) is 20.3 Å². The van der Waals surface area contributed by atoms with Crippen molar-refractivity contribution in [2.45, 2.75) is 63.4 Å². The summed E-state index contributed by atoms with van der Waals surface area (Å²) < 4.78 is 0. The summed E-state index contributed by atoms with van der Waals surface area (Å²) in [6.07, 6.45) is 0.747. The van der Waals surface area contributed by atoms with Crippen LogP contribution in [0.3, 0.4) is 0 Å². The number of carbonyl (C=O) groups is 5. The van der Waals surface area contributed by atoms with Gasteiger partial charge in [0.15, 0.2) is 0 Å². The standard InChI is InChI=1S/C18H28N6O8/c1-8(22-16(29)11(19)5-10-6-20-7-21-10)15(28)24-14(9(2)25)17(30)23-12(18(31)32)3-4-13(26)27/h6-9,11-12,14,25H,3-5,19H2,1-2H3,(H,20,21)(H,22,29)(H,23,30)(H,24,28)(H,26,27)(H,31,32). The Balaban J connectivity index is 2.69. The molecule has 0 bridgehead atoms. The van der Waals surface area contributed by atoms with Crippen molar-refractivity contribution >= 4 is 29.7 Å². The lowest BCUT2D eigenvalue weighted by atomic mass is 10.1. The van der Waals surface area contributed by atoms with Crippen LogP contribution in [0, 0.1) is 0 Å². The van der Waals surface area contributed by atoms with Crippen LogP contribution < -0.4 is 21.7 Å². The molecule has 32 heavy (non-hydrogen) atoms. The Labute approximate surface area is 183 Å². The Morgan fingerprint density at radius 2 is 1.72 bits per heavy atom. The van der Waals surface area contributed by atoms with E-state index in [9.17, 15) is 29.1 Å². The molecule has 0 fully saturated rings. The zero-order valence-electron chi connectivity index (χ0n) is 17.6. The third-order valence-electron chi connectivity index (χ3n) is 4.41. The van der Waals surface area contributed by atoms with Gasteiger partial charge in [-0.3, -0.25) is 19.2 Å².